The lowest BCUT2D eigenvalue weighted by atomic mass is 9.99. The highest BCUT2D eigenvalue weighted by Gasteiger charge is 2.38. The van der Waals surface area contributed by atoms with Gasteiger partial charge in [-0.1, -0.05) is 70.2 Å². The van der Waals surface area contributed by atoms with E-state index in [1.165, 1.54) is 0 Å². The van der Waals surface area contributed by atoms with E-state index < -0.39 is 0 Å². The summed E-state index contributed by atoms with van der Waals surface area (Å²) in [7, 11) is 0. The minimum Gasteiger partial charge on any atom is -0.358 e. The highest BCUT2D eigenvalue weighted by molar-refractivity contribution is 5.92. The SMILES string of the molecule is CC(C)C(Nc1ccccn1)C(=O)N1CCCC1c1ncc(-c2ccc3cc(-c4ccc5nc(C6CCCN6C(=O)C(Nc6ccccn6)C(C)C)[nH]c5c4)ccc3c2)[nH]1. The number of imidazole rings is 2. The lowest BCUT2D eigenvalue weighted by Crippen LogP contribution is -2.45. The number of aromatic amines is 2. The average Bonchev–Trinajstić information content (AvgIpc) is 4.11. The van der Waals surface area contributed by atoms with Crippen LogP contribution < -0.4 is 10.6 Å². The molecule has 0 bridgehead atoms. The first-order chi connectivity index (χ1) is 29.2. The van der Waals surface area contributed by atoms with Crippen molar-refractivity contribution in [3.05, 3.63) is 121 Å². The van der Waals surface area contributed by atoms with Crippen LogP contribution in [0.1, 0.15) is 77.1 Å². The van der Waals surface area contributed by atoms with Crippen LogP contribution in [0.4, 0.5) is 11.6 Å². The first-order valence-corrected chi connectivity index (χ1v) is 21.3. The lowest BCUT2D eigenvalue weighted by Gasteiger charge is -2.30. The molecular formula is C48H52N10O2. The van der Waals surface area contributed by atoms with Gasteiger partial charge in [0.1, 0.15) is 35.4 Å². The number of pyridine rings is 2. The molecule has 9 rings (SSSR count). The molecule has 4 aromatic heterocycles. The van der Waals surface area contributed by atoms with E-state index in [2.05, 4.69) is 113 Å². The molecule has 7 aromatic rings. The first kappa shape index (κ1) is 38.9. The van der Waals surface area contributed by atoms with E-state index >= 15 is 0 Å². The molecule has 2 aliphatic rings. The van der Waals surface area contributed by atoms with Crippen LogP contribution in [0.2, 0.25) is 0 Å². The van der Waals surface area contributed by atoms with Crippen molar-refractivity contribution in [1.29, 1.82) is 0 Å². The molecule has 4 atom stereocenters. The summed E-state index contributed by atoms with van der Waals surface area (Å²) in [5.41, 5.74) is 6.00. The van der Waals surface area contributed by atoms with Crippen LogP contribution in [0.15, 0.2) is 110 Å². The van der Waals surface area contributed by atoms with E-state index in [1.54, 1.807) is 12.4 Å². The monoisotopic (exact) mass is 800 g/mol. The molecule has 0 spiro atoms. The molecule has 12 heteroatoms. The Labute approximate surface area is 350 Å². The van der Waals surface area contributed by atoms with E-state index in [4.69, 9.17) is 9.97 Å². The van der Waals surface area contributed by atoms with Crippen LogP contribution >= 0.6 is 0 Å². The predicted molar refractivity (Wildman–Crippen MR) is 237 cm³/mol. The fourth-order valence-electron chi connectivity index (χ4n) is 8.84. The summed E-state index contributed by atoms with van der Waals surface area (Å²) >= 11 is 0. The quantitative estimate of drug-likeness (QED) is 0.0957. The third-order valence-corrected chi connectivity index (χ3v) is 12.1. The summed E-state index contributed by atoms with van der Waals surface area (Å²) < 4.78 is 0. The molecule has 2 saturated heterocycles. The molecule has 0 radical (unpaired) electrons. The Hall–Kier alpha value is -6.56. The predicted octanol–water partition coefficient (Wildman–Crippen LogP) is 9.16. The van der Waals surface area contributed by atoms with E-state index in [1.807, 2.05) is 52.4 Å². The maximum atomic E-state index is 14.0. The number of amides is 2. The van der Waals surface area contributed by atoms with Gasteiger partial charge in [-0.25, -0.2) is 19.9 Å². The maximum Gasteiger partial charge on any atom is 0.245 e. The Morgan fingerprint density at radius 3 is 1.77 bits per heavy atom. The molecule has 2 aliphatic heterocycles. The number of nitrogens with one attached hydrogen (secondary N) is 4. The van der Waals surface area contributed by atoms with E-state index in [0.717, 1.165) is 81.5 Å². The van der Waals surface area contributed by atoms with Gasteiger partial charge in [0.05, 0.1) is 35.0 Å². The zero-order chi connectivity index (χ0) is 41.3. The number of carbonyl (C=O) groups excluding carboxylic acids is 2. The Kier molecular flexibility index (Phi) is 10.8. The van der Waals surface area contributed by atoms with Crippen LogP contribution in [0.3, 0.4) is 0 Å². The van der Waals surface area contributed by atoms with Gasteiger partial charge in [0, 0.05) is 31.0 Å². The van der Waals surface area contributed by atoms with Gasteiger partial charge in [-0.2, -0.15) is 0 Å². The van der Waals surface area contributed by atoms with Crippen LogP contribution in [0.25, 0.3) is 44.2 Å². The van der Waals surface area contributed by atoms with E-state index in [0.29, 0.717) is 24.7 Å². The average molecular weight is 801 g/mol. The van der Waals surface area contributed by atoms with Gasteiger partial charge in [0.15, 0.2) is 0 Å². The van der Waals surface area contributed by atoms with Gasteiger partial charge in [-0.3, -0.25) is 9.59 Å². The number of hydrogen-bond acceptors (Lipinski definition) is 8. The summed E-state index contributed by atoms with van der Waals surface area (Å²) in [6, 6.07) is 29.7. The zero-order valence-corrected chi connectivity index (χ0v) is 34.6. The van der Waals surface area contributed by atoms with Crippen molar-refractivity contribution in [3.63, 3.8) is 0 Å². The van der Waals surface area contributed by atoms with E-state index in [-0.39, 0.29) is 47.8 Å². The Morgan fingerprint density at radius 2 is 1.18 bits per heavy atom. The number of H-pyrrole nitrogens is 2. The van der Waals surface area contributed by atoms with Gasteiger partial charge in [-0.05, 0) is 108 Å². The number of hydrogen-bond donors (Lipinski definition) is 4. The Balaban J connectivity index is 0.901. The van der Waals surface area contributed by atoms with Crippen LogP contribution in [-0.2, 0) is 9.59 Å². The number of nitrogens with zero attached hydrogens (tertiary/aromatic N) is 6. The molecule has 4 N–H and O–H groups in total. The third-order valence-electron chi connectivity index (χ3n) is 12.1. The summed E-state index contributed by atoms with van der Waals surface area (Å²) in [6.45, 7) is 9.65. The van der Waals surface area contributed by atoms with Crippen LogP contribution in [0.5, 0.6) is 0 Å². The Bertz CT molecular complexity index is 2620. The van der Waals surface area contributed by atoms with Crippen molar-refractivity contribution in [1.82, 2.24) is 39.7 Å². The van der Waals surface area contributed by atoms with Gasteiger partial charge >= 0.3 is 0 Å². The summed E-state index contributed by atoms with van der Waals surface area (Å²) in [4.78, 5) is 57.6. The molecule has 306 valence electrons. The minimum absolute atomic E-state index is 0.0718. The number of likely N-dealkylation sites (tertiary alicyclic amines) is 2. The smallest absolute Gasteiger partial charge is 0.245 e. The number of aromatic nitrogens is 6. The summed E-state index contributed by atoms with van der Waals surface area (Å²) in [5, 5.41) is 9.01. The number of anilines is 2. The van der Waals surface area contributed by atoms with Crippen molar-refractivity contribution >= 4 is 45.3 Å². The van der Waals surface area contributed by atoms with E-state index in [9.17, 15) is 9.59 Å². The molecule has 60 heavy (non-hydrogen) atoms. The fourth-order valence-corrected chi connectivity index (χ4v) is 8.84. The molecule has 6 heterocycles. The van der Waals surface area contributed by atoms with Crippen molar-refractivity contribution in [3.8, 4) is 22.4 Å². The molecule has 3 aromatic carbocycles. The minimum atomic E-state index is -0.387. The number of benzene rings is 3. The van der Waals surface area contributed by atoms with Gasteiger partial charge < -0.3 is 30.4 Å². The number of fused-ring (bicyclic) bond motifs is 2. The van der Waals surface area contributed by atoms with Crippen molar-refractivity contribution < 1.29 is 9.59 Å². The fraction of sp³-hybridized carbons (Fsp3) is 0.333. The second-order valence-corrected chi connectivity index (χ2v) is 16.9. The number of rotatable bonds is 12. The zero-order valence-electron chi connectivity index (χ0n) is 34.6. The normalized spacial score (nSPS) is 17.8. The molecule has 2 amide bonds. The lowest BCUT2D eigenvalue weighted by molar-refractivity contribution is -0.134. The number of carbonyl (C=O) groups is 2. The van der Waals surface area contributed by atoms with Crippen molar-refractivity contribution in [2.45, 2.75) is 77.5 Å². The second-order valence-electron chi connectivity index (χ2n) is 16.9. The third kappa shape index (κ3) is 7.81. The highest BCUT2D eigenvalue weighted by atomic mass is 16.2. The summed E-state index contributed by atoms with van der Waals surface area (Å²) in [6.07, 6.45) is 8.94. The summed E-state index contributed by atoms with van der Waals surface area (Å²) in [5.74, 6) is 3.35. The van der Waals surface area contributed by atoms with Crippen LogP contribution in [-0.4, -0.2) is 76.7 Å². The molecule has 12 nitrogen and oxygen atoms in total. The van der Waals surface area contributed by atoms with Gasteiger partial charge in [-0.15, -0.1) is 0 Å². The standard InChI is InChI=1S/C48H52N10O2/c1-29(2)43(55-41-13-5-7-21-49-41)47(59)57-23-9-11-39(57)45-51-28-38(54-45)35-18-17-31-25-32(15-16-33(31)26-35)34-19-20-36-37(27-34)53-46(52-36)40-12-10-24-58(40)48(60)44(30(3)4)56-42-14-6-8-22-50-42/h5-8,13-22,25-30,39-40,43-44H,9-12,23-24H2,1-4H3,(H,49,55)(H,50,56)(H,51,54)(H,52,53). The highest BCUT2D eigenvalue weighted by Crippen LogP contribution is 2.36. The Morgan fingerprint density at radius 1 is 0.633 bits per heavy atom. The molecule has 0 saturated carbocycles. The molecule has 0 aliphatic carbocycles. The molecule has 2 fully saturated rings. The largest absolute Gasteiger partial charge is 0.358 e. The molecule has 4 unspecified atom stereocenters. The van der Waals surface area contributed by atoms with Gasteiger partial charge in [0.2, 0.25) is 11.8 Å². The van der Waals surface area contributed by atoms with Crippen molar-refractivity contribution in [2.24, 2.45) is 11.8 Å². The topological polar surface area (TPSA) is 148 Å². The van der Waals surface area contributed by atoms with Crippen molar-refractivity contribution in [2.75, 3.05) is 23.7 Å². The second kappa shape index (κ2) is 16.6. The molecular weight excluding hydrogens is 749 g/mol. The van der Waals surface area contributed by atoms with Crippen LogP contribution in [0, 0.1) is 11.8 Å². The first-order valence-electron chi connectivity index (χ1n) is 21.3. The van der Waals surface area contributed by atoms with Gasteiger partial charge in [0.25, 0.3) is 0 Å². The maximum absolute atomic E-state index is 14.0.